The van der Waals surface area contributed by atoms with Crippen molar-refractivity contribution in [3.8, 4) is 0 Å². The van der Waals surface area contributed by atoms with Gasteiger partial charge in [0.15, 0.2) is 0 Å². The Kier molecular flexibility index (Phi) is 6.21. The molecule has 0 saturated carbocycles. The second kappa shape index (κ2) is 9.06. The minimum Gasteiger partial charge on any atom is -0.454 e. The van der Waals surface area contributed by atoms with Gasteiger partial charge >= 0.3 is 5.97 Å². The van der Waals surface area contributed by atoms with Crippen LogP contribution in [0, 0.1) is 6.92 Å². The molecule has 4 rings (SSSR count). The van der Waals surface area contributed by atoms with Gasteiger partial charge in [0.2, 0.25) is 10.0 Å². The van der Waals surface area contributed by atoms with Crippen LogP contribution in [0.3, 0.4) is 0 Å². The third-order valence-corrected chi connectivity index (χ3v) is 7.01. The van der Waals surface area contributed by atoms with Gasteiger partial charge in [-0.25, -0.2) is 13.2 Å². The lowest BCUT2D eigenvalue weighted by Gasteiger charge is -2.33. The molecule has 3 aromatic rings. The van der Waals surface area contributed by atoms with Crippen LogP contribution in [0.1, 0.15) is 39.5 Å². The minimum absolute atomic E-state index is 0.122. The zero-order valence-electron chi connectivity index (χ0n) is 17.5. The van der Waals surface area contributed by atoms with E-state index in [0.29, 0.717) is 12.8 Å². The van der Waals surface area contributed by atoms with E-state index in [1.54, 1.807) is 30.3 Å². The van der Waals surface area contributed by atoms with E-state index in [1.165, 1.54) is 24.3 Å². The zero-order chi connectivity index (χ0) is 22.7. The molecular formula is C25H23NO5S. The summed E-state index contributed by atoms with van der Waals surface area (Å²) in [5.74, 6) is -1.76. The largest absolute Gasteiger partial charge is 0.454 e. The molecule has 0 amide bonds. The number of rotatable bonds is 6. The molecule has 1 aliphatic carbocycles. The summed E-state index contributed by atoms with van der Waals surface area (Å²) < 4.78 is 34.4. The fourth-order valence-corrected chi connectivity index (χ4v) is 5.09. The Bertz CT molecular complexity index is 1240. The van der Waals surface area contributed by atoms with E-state index in [9.17, 15) is 18.0 Å². The molecule has 2 atom stereocenters. The van der Waals surface area contributed by atoms with Gasteiger partial charge in [-0.15, -0.1) is 0 Å². The van der Waals surface area contributed by atoms with Crippen molar-refractivity contribution in [3.05, 3.63) is 101 Å². The number of aryl methyl sites for hydroxylation is 2. The Hall–Kier alpha value is -3.29. The van der Waals surface area contributed by atoms with Gasteiger partial charge in [0.1, 0.15) is 6.10 Å². The van der Waals surface area contributed by atoms with Crippen molar-refractivity contribution in [2.75, 3.05) is 0 Å². The van der Waals surface area contributed by atoms with Crippen molar-refractivity contribution < 1.29 is 22.7 Å². The van der Waals surface area contributed by atoms with Crippen molar-refractivity contribution in [1.29, 1.82) is 0 Å². The van der Waals surface area contributed by atoms with Gasteiger partial charge in [-0.2, -0.15) is 4.72 Å². The van der Waals surface area contributed by atoms with E-state index in [1.807, 2.05) is 31.2 Å². The summed E-state index contributed by atoms with van der Waals surface area (Å²) in [5, 5.41) is 0. The van der Waals surface area contributed by atoms with Crippen LogP contribution in [-0.4, -0.2) is 26.3 Å². The number of ketones is 1. The summed E-state index contributed by atoms with van der Waals surface area (Å²) in [7, 11) is -3.89. The Morgan fingerprint density at radius 2 is 1.56 bits per heavy atom. The van der Waals surface area contributed by atoms with Gasteiger partial charge in [-0.3, -0.25) is 4.79 Å². The highest BCUT2D eigenvalue weighted by Crippen LogP contribution is 2.33. The van der Waals surface area contributed by atoms with Crippen LogP contribution in [0.4, 0.5) is 0 Å². The van der Waals surface area contributed by atoms with Crippen LogP contribution >= 0.6 is 0 Å². The molecule has 0 aliphatic heterocycles. The number of ether oxygens (including phenoxy) is 1. The molecule has 0 heterocycles. The third-order valence-electron chi connectivity index (χ3n) is 5.55. The number of nitrogens with one attached hydrogen (secondary N) is 1. The van der Waals surface area contributed by atoms with Crippen LogP contribution in [0.15, 0.2) is 83.8 Å². The highest BCUT2D eigenvalue weighted by Gasteiger charge is 2.36. The van der Waals surface area contributed by atoms with E-state index in [0.717, 1.165) is 16.7 Å². The van der Waals surface area contributed by atoms with Crippen LogP contribution in [0.25, 0.3) is 0 Å². The Labute approximate surface area is 187 Å². The lowest BCUT2D eigenvalue weighted by molar-refractivity contribution is -0.145. The highest BCUT2D eigenvalue weighted by molar-refractivity contribution is 7.89. The second-order valence-corrected chi connectivity index (χ2v) is 9.50. The van der Waals surface area contributed by atoms with Crippen LogP contribution < -0.4 is 4.72 Å². The maximum absolute atomic E-state index is 13.1. The molecule has 6 nitrogen and oxygen atoms in total. The standard InChI is InChI=1S/C25H23NO5S/c1-17-11-14-20(15-12-17)32(29,30)26-23-21-10-6-5-7-18(21)13-16-22(23)31-25(28)24(27)19-8-3-2-4-9-19/h2-12,14-15,22-23,26H,13,16H2,1H3/t22-,23+/m0/s1. The van der Waals surface area contributed by atoms with Crippen LogP contribution in [0.5, 0.6) is 0 Å². The van der Waals surface area contributed by atoms with Gasteiger partial charge in [0.25, 0.3) is 5.78 Å². The summed E-state index contributed by atoms with van der Waals surface area (Å²) in [4.78, 5) is 25.2. The number of sulfonamides is 1. The normalized spacial score (nSPS) is 17.9. The molecule has 0 unspecified atom stereocenters. The van der Waals surface area contributed by atoms with Gasteiger partial charge in [-0.05, 0) is 43.0 Å². The van der Waals surface area contributed by atoms with Gasteiger partial charge in [-0.1, -0.05) is 72.3 Å². The summed E-state index contributed by atoms with van der Waals surface area (Å²) in [6.45, 7) is 1.88. The van der Waals surface area contributed by atoms with E-state index < -0.39 is 33.9 Å². The van der Waals surface area contributed by atoms with Crippen LogP contribution in [0.2, 0.25) is 0 Å². The predicted octanol–water partition coefficient (Wildman–Crippen LogP) is 3.76. The Morgan fingerprint density at radius 3 is 2.28 bits per heavy atom. The lowest BCUT2D eigenvalue weighted by atomic mass is 9.86. The van der Waals surface area contributed by atoms with E-state index in [4.69, 9.17) is 4.74 Å². The van der Waals surface area contributed by atoms with Gasteiger partial charge in [0.05, 0.1) is 10.9 Å². The molecule has 0 aromatic heterocycles. The molecule has 1 aliphatic rings. The molecular weight excluding hydrogens is 426 g/mol. The Balaban J connectivity index is 1.62. The molecule has 32 heavy (non-hydrogen) atoms. The molecule has 0 saturated heterocycles. The molecule has 1 N–H and O–H groups in total. The topological polar surface area (TPSA) is 89.5 Å². The fraction of sp³-hybridized carbons (Fsp3) is 0.200. The first-order valence-corrected chi connectivity index (χ1v) is 11.8. The van der Waals surface area contributed by atoms with E-state index >= 15 is 0 Å². The molecule has 0 radical (unpaired) electrons. The summed E-state index contributed by atoms with van der Waals surface area (Å²) >= 11 is 0. The monoisotopic (exact) mass is 449 g/mol. The Morgan fingerprint density at radius 1 is 0.906 bits per heavy atom. The number of carbonyl (C=O) groups excluding carboxylic acids is 2. The van der Waals surface area contributed by atoms with Gasteiger partial charge < -0.3 is 4.74 Å². The first kappa shape index (κ1) is 21.9. The van der Waals surface area contributed by atoms with Crippen molar-refractivity contribution in [2.45, 2.75) is 36.8 Å². The first-order valence-electron chi connectivity index (χ1n) is 10.3. The van der Waals surface area contributed by atoms with Crippen molar-refractivity contribution in [2.24, 2.45) is 0 Å². The number of benzene rings is 3. The average Bonchev–Trinajstić information content (AvgIpc) is 2.80. The minimum atomic E-state index is -3.89. The number of fused-ring (bicyclic) bond motifs is 1. The van der Waals surface area contributed by atoms with Crippen molar-refractivity contribution >= 4 is 21.8 Å². The average molecular weight is 450 g/mol. The predicted molar refractivity (Wildman–Crippen MR) is 120 cm³/mol. The fourth-order valence-electron chi connectivity index (χ4n) is 3.85. The van der Waals surface area contributed by atoms with Crippen LogP contribution in [-0.2, 0) is 26.0 Å². The molecule has 164 valence electrons. The maximum atomic E-state index is 13.1. The summed E-state index contributed by atoms with van der Waals surface area (Å²) in [5.41, 5.74) is 2.88. The lowest BCUT2D eigenvalue weighted by Crippen LogP contribution is -2.42. The zero-order valence-corrected chi connectivity index (χ0v) is 18.3. The number of carbonyl (C=O) groups is 2. The van der Waals surface area contributed by atoms with E-state index in [2.05, 4.69) is 4.72 Å². The molecule has 0 bridgehead atoms. The quantitative estimate of drug-likeness (QED) is 0.352. The second-order valence-electron chi connectivity index (χ2n) is 7.79. The number of hydrogen-bond acceptors (Lipinski definition) is 5. The smallest absolute Gasteiger partial charge is 0.380 e. The number of esters is 1. The third kappa shape index (κ3) is 4.64. The SMILES string of the molecule is Cc1ccc(S(=O)(=O)N[C@@H]2c3ccccc3CC[C@@H]2OC(=O)C(=O)c2ccccc2)cc1. The van der Waals surface area contributed by atoms with E-state index in [-0.39, 0.29) is 10.5 Å². The molecule has 3 aromatic carbocycles. The molecule has 7 heteroatoms. The number of hydrogen-bond donors (Lipinski definition) is 1. The first-order chi connectivity index (χ1) is 15.3. The summed E-state index contributed by atoms with van der Waals surface area (Å²) in [6.07, 6.45) is 0.188. The van der Waals surface area contributed by atoms with Crippen molar-refractivity contribution in [1.82, 2.24) is 4.72 Å². The molecule has 0 spiro atoms. The summed E-state index contributed by atoms with van der Waals surface area (Å²) in [6, 6.07) is 21.3. The molecule has 0 fully saturated rings. The maximum Gasteiger partial charge on any atom is 0.380 e. The van der Waals surface area contributed by atoms with Gasteiger partial charge in [0, 0.05) is 5.56 Å². The number of Topliss-reactive ketones (excluding diaryl/α,β-unsaturated/α-hetero) is 1. The highest BCUT2D eigenvalue weighted by atomic mass is 32.2. The van der Waals surface area contributed by atoms with Crippen molar-refractivity contribution in [3.63, 3.8) is 0 Å².